The number of pyridine rings is 1. The standard InChI is InChI=1S/C16H17N5/c17-16-20-11-14(21-16)13-7-9-19-15(10-13)18-8-6-12-4-2-1-3-5-12/h1-5,7,9-11H,6,8H2,(H,18,19)(H3,17,20,21). The van der Waals surface area contributed by atoms with Crippen LogP contribution in [0.2, 0.25) is 0 Å². The molecule has 0 aliphatic rings. The average Bonchev–Trinajstić information content (AvgIpc) is 2.95. The van der Waals surface area contributed by atoms with E-state index in [0.29, 0.717) is 5.95 Å². The Balaban J connectivity index is 1.64. The first-order valence-corrected chi connectivity index (χ1v) is 6.86. The molecular formula is C16H17N5. The molecule has 106 valence electrons. The van der Waals surface area contributed by atoms with Crippen molar-refractivity contribution < 1.29 is 0 Å². The Hall–Kier alpha value is -2.82. The van der Waals surface area contributed by atoms with E-state index in [1.807, 2.05) is 18.2 Å². The Bertz CT molecular complexity index is 705. The van der Waals surface area contributed by atoms with Crippen LogP contribution >= 0.6 is 0 Å². The zero-order chi connectivity index (χ0) is 14.5. The van der Waals surface area contributed by atoms with Gasteiger partial charge in [0.05, 0.1) is 11.9 Å². The van der Waals surface area contributed by atoms with E-state index in [1.165, 1.54) is 5.56 Å². The average molecular weight is 279 g/mol. The second kappa shape index (κ2) is 6.09. The smallest absolute Gasteiger partial charge is 0.197 e. The number of anilines is 2. The van der Waals surface area contributed by atoms with Crippen molar-refractivity contribution in [3.63, 3.8) is 0 Å². The van der Waals surface area contributed by atoms with Gasteiger partial charge >= 0.3 is 0 Å². The molecule has 0 atom stereocenters. The van der Waals surface area contributed by atoms with Crippen LogP contribution in [0.3, 0.4) is 0 Å². The highest BCUT2D eigenvalue weighted by Crippen LogP contribution is 2.19. The van der Waals surface area contributed by atoms with Gasteiger partial charge in [0, 0.05) is 18.3 Å². The molecule has 0 amide bonds. The Morgan fingerprint density at radius 1 is 1.10 bits per heavy atom. The normalized spacial score (nSPS) is 10.5. The number of H-pyrrole nitrogens is 1. The highest BCUT2D eigenvalue weighted by Gasteiger charge is 2.03. The van der Waals surface area contributed by atoms with E-state index >= 15 is 0 Å². The van der Waals surface area contributed by atoms with Gasteiger partial charge in [0.25, 0.3) is 0 Å². The van der Waals surface area contributed by atoms with E-state index in [1.54, 1.807) is 12.4 Å². The minimum atomic E-state index is 0.417. The first-order chi connectivity index (χ1) is 10.3. The van der Waals surface area contributed by atoms with Gasteiger partial charge in [-0.25, -0.2) is 9.97 Å². The second-order valence-corrected chi connectivity index (χ2v) is 4.77. The largest absolute Gasteiger partial charge is 0.370 e. The molecule has 0 spiro atoms. The first kappa shape index (κ1) is 13.2. The number of aromatic amines is 1. The van der Waals surface area contributed by atoms with Gasteiger partial charge in [-0.1, -0.05) is 30.3 Å². The molecule has 0 radical (unpaired) electrons. The lowest BCUT2D eigenvalue weighted by Crippen LogP contribution is -2.06. The van der Waals surface area contributed by atoms with Crippen molar-refractivity contribution in [3.05, 3.63) is 60.4 Å². The number of hydrogen-bond acceptors (Lipinski definition) is 4. The predicted molar refractivity (Wildman–Crippen MR) is 84.9 cm³/mol. The Labute approximate surface area is 123 Å². The number of nitrogens with one attached hydrogen (secondary N) is 2. The van der Waals surface area contributed by atoms with Crippen LogP contribution < -0.4 is 11.1 Å². The summed E-state index contributed by atoms with van der Waals surface area (Å²) in [7, 11) is 0. The van der Waals surface area contributed by atoms with Crippen LogP contribution in [0.4, 0.5) is 11.8 Å². The fourth-order valence-electron chi connectivity index (χ4n) is 2.16. The number of hydrogen-bond donors (Lipinski definition) is 3. The van der Waals surface area contributed by atoms with Gasteiger partial charge in [-0.05, 0) is 24.1 Å². The molecule has 5 nitrogen and oxygen atoms in total. The summed E-state index contributed by atoms with van der Waals surface area (Å²) in [5.74, 6) is 1.26. The van der Waals surface area contributed by atoms with Crippen molar-refractivity contribution in [2.45, 2.75) is 6.42 Å². The van der Waals surface area contributed by atoms with E-state index in [2.05, 4.69) is 44.5 Å². The van der Waals surface area contributed by atoms with E-state index in [9.17, 15) is 0 Å². The molecule has 21 heavy (non-hydrogen) atoms. The fraction of sp³-hybridized carbons (Fsp3) is 0.125. The molecule has 2 heterocycles. The van der Waals surface area contributed by atoms with Crippen molar-refractivity contribution >= 4 is 11.8 Å². The Morgan fingerprint density at radius 2 is 1.95 bits per heavy atom. The molecule has 0 aliphatic heterocycles. The van der Waals surface area contributed by atoms with Crippen molar-refractivity contribution in [2.75, 3.05) is 17.6 Å². The lowest BCUT2D eigenvalue weighted by atomic mass is 10.1. The van der Waals surface area contributed by atoms with E-state index in [4.69, 9.17) is 5.73 Å². The number of aromatic nitrogens is 3. The molecule has 0 saturated heterocycles. The van der Waals surface area contributed by atoms with Gasteiger partial charge in [0.1, 0.15) is 5.82 Å². The molecule has 3 aromatic rings. The van der Waals surface area contributed by atoms with Crippen LogP contribution in [0.1, 0.15) is 5.56 Å². The maximum Gasteiger partial charge on any atom is 0.197 e. The van der Waals surface area contributed by atoms with Crippen molar-refractivity contribution in [3.8, 4) is 11.3 Å². The number of benzene rings is 1. The molecule has 3 rings (SSSR count). The number of rotatable bonds is 5. The third-order valence-electron chi connectivity index (χ3n) is 3.23. The molecule has 0 unspecified atom stereocenters. The van der Waals surface area contributed by atoms with Crippen LogP contribution in [-0.2, 0) is 6.42 Å². The third-order valence-corrected chi connectivity index (χ3v) is 3.23. The van der Waals surface area contributed by atoms with Crippen molar-refractivity contribution in [1.29, 1.82) is 0 Å². The highest BCUT2D eigenvalue weighted by molar-refractivity contribution is 5.63. The maximum absolute atomic E-state index is 5.60. The number of imidazole rings is 1. The quantitative estimate of drug-likeness (QED) is 0.671. The zero-order valence-electron chi connectivity index (χ0n) is 11.6. The fourth-order valence-corrected chi connectivity index (χ4v) is 2.16. The minimum absolute atomic E-state index is 0.417. The molecule has 0 saturated carbocycles. The third kappa shape index (κ3) is 3.39. The number of nitrogens with zero attached hydrogens (tertiary/aromatic N) is 2. The lowest BCUT2D eigenvalue weighted by Gasteiger charge is -2.07. The van der Waals surface area contributed by atoms with Gasteiger partial charge in [-0.15, -0.1) is 0 Å². The van der Waals surface area contributed by atoms with Gasteiger partial charge in [0.15, 0.2) is 5.95 Å². The molecule has 0 aliphatic carbocycles. The Morgan fingerprint density at radius 3 is 2.71 bits per heavy atom. The van der Waals surface area contributed by atoms with Crippen LogP contribution in [-0.4, -0.2) is 21.5 Å². The van der Waals surface area contributed by atoms with E-state index in [-0.39, 0.29) is 0 Å². The van der Waals surface area contributed by atoms with Gasteiger partial charge in [-0.3, -0.25) is 0 Å². The first-order valence-electron chi connectivity index (χ1n) is 6.86. The van der Waals surface area contributed by atoms with Crippen LogP contribution in [0, 0.1) is 0 Å². The molecule has 2 aromatic heterocycles. The lowest BCUT2D eigenvalue weighted by molar-refractivity contribution is 1.01. The summed E-state index contributed by atoms with van der Waals surface area (Å²) in [4.78, 5) is 11.3. The van der Waals surface area contributed by atoms with E-state index in [0.717, 1.165) is 30.0 Å². The SMILES string of the molecule is Nc1ncc(-c2ccnc(NCCc3ccccc3)c2)[nH]1. The molecule has 4 N–H and O–H groups in total. The number of nitrogen functional groups attached to an aromatic ring is 1. The van der Waals surface area contributed by atoms with Crippen LogP contribution in [0.25, 0.3) is 11.3 Å². The topological polar surface area (TPSA) is 79.6 Å². The van der Waals surface area contributed by atoms with Gasteiger partial charge < -0.3 is 16.0 Å². The van der Waals surface area contributed by atoms with Crippen LogP contribution in [0.5, 0.6) is 0 Å². The minimum Gasteiger partial charge on any atom is -0.370 e. The summed E-state index contributed by atoms with van der Waals surface area (Å²) in [6.45, 7) is 0.839. The summed E-state index contributed by atoms with van der Waals surface area (Å²) in [6.07, 6.45) is 4.46. The molecule has 0 fully saturated rings. The molecular weight excluding hydrogens is 262 g/mol. The summed E-state index contributed by atoms with van der Waals surface area (Å²) in [5.41, 5.74) is 8.81. The summed E-state index contributed by atoms with van der Waals surface area (Å²) < 4.78 is 0. The monoisotopic (exact) mass is 279 g/mol. The molecule has 5 heteroatoms. The van der Waals surface area contributed by atoms with Gasteiger partial charge in [0.2, 0.25) is 0 Å². The van der Waals surface area contributed by atoms with Gasteiger partial charge in [-0.2, -0.15) is 0 Å². The van der Waals surface area contributed by atoms with Crippen LogP contribution in [0.15, 0.2) is 54.9 Å². The maximum atomic E-state index is 5.60. The summed E-state index contributed by atoms with van der Waals surface area (Å²) in [5, 5.41) is 3.33. The molecule has 0 bridgehead atoms. The highest BCUT2D eigenvalue weighted by atomic mass is 15.0. The Kier molecular flexibility index (Phi) is 3.82. The summed E-state index contributed by atoms with van der Waals surface area (Å²) in [6, 6.07) is 14.3. The zero-order valence-corrected chi connectivity index (χ0v) is 11.6. The summed E-state index contributed by atoms with van der Waals surface area (Å²) >= 11 is 0. The van der Waals surface area contributed by atoms with Crippen molar-refractivity contribution in [1.82, 2.24) is 15.0 Å². The number of nitrogens with two attached hydrogens (primary N) is 1. The second-order valence-electron chi connectivity index (χ2n) is 4.77. The van der Waals surface area contributed by atoms with E-state index < -0.39 is 0 Å². The predicted octanol–water partition coefficient (Wildman–Crippen LogP) is 2.71. The molecule has 1 aromatic carbocycles. The van der Waals surface area contributed by atoms with Crippen molar-refractivity contribution in [2.24, 2.45) is 0 Å².